The maximum Gasteiger partial charge on any atom is 0.345 e. The maximum atomic E-state index is 13.3. The smallest absolute Gasteiger partial charge is 0.345 e. The van der Waals surface area contributed by atoms with E-state index < -0.39 is 12.7 Å². The number of amides is 2. The second-order valence-electron chi connectivity index (χ2n) is 9.56. The Morgan fingerprint density at radius 3 is 2.50 bits per heavy atom. The van der Waals surface area contributed by atoms with Crippen LogP contribution in [-0.4, -0.2) is 95.0 Å². The molecule has 0 spiro atoms. The third-order valence-corrected chi connectivity index (χ3v) is 7.58. The van der Waals surface area contributed by atoms with Gasteiger partial charge in [0.05, 0.1) is 11.7 Å². The first-order chi connectivity index (χ1) is 18.7. The predicted molar refractivity (Wildman–Crippen MR) is 164 cm³/mol. The van der Waals surface area contributed by atoms with Gasteiger partial charge in [0.2, 0.25) is 0 Å². The lowest BCUT2D eigenvalue weighted by atomic mass is 10.1. The van der Waals surface area contributed by atoms with Crippen molar-refractivity contribution in [1.82, 2.24) is 20.1 Å². The molecular weight excluding hydrogens is 573 g/mol. The zero-order valence-electron chi connectivity index (χ0n) is 24.4. The number of aromatic nitrogens is 1. The van der Waals surface area contributed by atoms with E-state index in [0.717, 1.165) is 41.4 Å². The van der Waals surface area contributed by atoms with Crippen LogP contribution < -0.4 is 5.32 Å². The zero-order valence-corrected chi connectivity index (χ0v) is 25.2. The highest BCUT2D eigenvalue weighted by Crippen LogP contribution is 2.23. The van der Waals surface area contributed by atoms with Gasteiger partial charge in [-0.2, -0.15) is 20.5 Å². The molecule has 2 amide bonds. The number of H-pyrrole nitrogens is 1. The van der Waals surface area contributed by atoms with Crippen molar-refractivity contribution in [2.75, 3.05) is 44.7 Å². The van der Waals surface area contributed by atoms with Gasteiger partial charge in [-0.25, -0.2) is 0 Å². The fourth-order valence-electron chi connectivity index (χ4n) is 4.40. The highest BCUT2D eigenvalue weighted by atomic mass is 32.2. The molecule has 42 heavy (non-hydrogen) atoms. The van der Waals surface area contributed by atoms with Crippen molar-refractivity contribution in [3.8, 4) is 0 Å². The van der Waals surface area contributed by atoms with E-state index in [1.807, 2.05) is 43.9 Å². The highest BCUT2D eigenvalue weighted by Gasteiger charge is 2.25. The topological polar surface area (TPSA) is 141 Å². The normalized spacial score (nSPS) is 17.6. The number of carbonyl (C=O) groups excluding carboxylic acids is 2. The predicted octanol–water partition coefficient (Wildman–Crippen LogP) is 3.34. The van der Waals surface area contributed by atoms with Crippen LogP contribution in [0.25, 0.3) is 6.08 Å². The minimum absolute atomic E-state index is 0. The number of nitrogens with one attached hydrogen (secondary N) is 2. The number of carbonyl (C=O) groups is 2. The van der Waals surface area contributed by atoms with Gasteiger partial charge >= 0.3 is 6.61 Å². The molecule has 1 aromatic rings. The molecule has 2 aliphatic rings. The Balaban J connectivity index is 0.00000560. The maximum absolute atomic E-state index is 13.3. The molecule has 1 unspecified atom stereocenters. The van der Waals surface area contributed by atoms with Gasteiger partial charge in [0.1, 0.15) is 0 Å². The Kier molecular flexibility index (Phi) is 17.7. The molecule has 6 N–H and O–H groups in total. The molecule has 0 aromatic carbocycles. The number of piperazine rings is 1. The summed E-state index contributed by atoms with van der Waals surface area (Å²) in [5.41, 5.74) is 4.50. The van der Waals surface area contributed by atoms with Crippen LogP contribution in [0.15, 0.2) is 53.8 Å². The van der Waals surface area contributed by atoms with Crippen LogP contribution in [0.2, 0.25) is 0 Å². The molecule has 13 heteroatoms. The molecule has 1 aromatic heterocycles. The van der Waals surface area contributed by atoms with E-state index in [1.165, 1.54) is 0 Å². The van der Waals surface area contributed by atoms with Gasteiger partial charge in [0.15, 0.2) is 0 Å². The molecule has 0 saturated carbocycles. The summed E-state index contributed by atoms with van der Waals surface area (Å²) in [6.45, 7) is 5.92. The van der Waals surface area contributed by atoms with Crippen LogP contribution in [0, 0.1) is 13.8 Å². The lowest BCUT2D eigenvalue weighted by molar-refractivity contribution is -0.149. The number of allylic oxidation sites excluding steroid dienone is 2. The Morgan fingerprint density at radius 1 is 1.21 bits per heavy atom. The molecule has 1 atom stereocenters. The van der Waals surface area contributed by atoms with Gasteiger partial charge in [-0.3, -0.25) is 14.3 Å². The van der Waals surface area contributed by atoms with Crippen molar-refractivity contribution in [3.05, 3.63) is 76.3 Å². The molecule has 1 aliphatic carbocycles. The number of halogens is 3. The summed E-state index contributed by atoms with van der Waals surface area (Å²) in [6.07, 6.45) is 14.0. The van der Waals surface area contributed by atoms with E-state index in [9.17, 15) is 18.4 Å². The van der Waals surface area contributed by atoms with E-state index in [2.05, 4.69) is 27.0 Å². The molecule has 236 valence electrons. The number of likely N-dealkylation sites (N-methyl/N-ethyl adjacent to an activating group) is 1. The van der Waals surface area contributed by atoms with E-state index in [4.69, 9.17) is 0 Å². The second-order valence-corrected chi connectivity index (χ2v) is 10.6. The summed E-state index contributed by atoms with van der Waals surface area (Å²) < 4.78 is 29.2. The van der Waals surface area contributed by atoms with E-state index in [0.29, 0.717) is 36.4 Å². The molecule has 9 nitrogen and oxygen atoms in total. The molecule has 0 radical (unpaired) electrons. The van der Waals surface area contributed by atoms with Crippen LogP contribution in [0.5, 0.6) is 0 Å². The van der Waals surface area contributed by atoms with Crippen molar-refractivity contribution >= 4 is 29.7 Å². The Hall–Kier alpha value is -3.10. The van der Waals surface area contributed by atoms with Gasteiger partial charge in [-0.15, -0.1) is 0 Å². The first-order valence-electron chi connectivity index (χ1n) is 13.1. The summed E-state index contributed by atoms with van der Waals surface area (Å²) in [7, 11) is 2.05. The van der Waals surface area contributed by atoms with Gasteiger partial charge in [0, 0.05) is 54.6 Å². The van der Waals surface area contributed by atoms with Gasteiger partial charge in [-0.1, -0.05) is 36.5 Å². The number of alkyl halides is 2. The van der Waals surface area contributed by atoms with E-state index in [1.54, 1.807) is 42.3 Å². The monoisotopic (exact) mass is 616 g/mol. The number of hydrogen-bond donors (Lipinski definition) is 2. The van der Waals surface area contributed by atoms with Crippen molar-refractivity contribution in [2.45, 2.75) is 39.9 Å². The van der Waals surface area contributed by atoms with Crippen LogP contribution in [0.3, 0.4) is 0 Å². The Morgan fingerprint density at radius 2 is 1.90 bits per heavy atom. The summed E-state index contributed by atoms with van der Waals surface area (Å²) in [6, 6.07) is 0. The zero-order chi connectivity index (χ0) is 28.4. The molecule has 1 aliphatic heterocycles. The van der Waals surface area contributed by atoms with Gasteiger partial charge < -0.3 is 35.8 Å². The minimum atomic E-state index is -2.77. The highest BCUT2D eigenvalue weighted by molar-refractivity contribution is 7.99. The van der Waals surface area contributed by atoms with Gasteiger partial charge in [0.25, 0.3) is 11.8 Å². The fourth-order valence-corrected chi connectivity index (χ4v) is 5.20. The SMILES string of the molecule is C/C=C/NC(=O)C(=C\c1[nH]c(C)c(C(=O)N2CCN(C)CC2)c1C)/C=C/CSCC1=CCC(OC(F)F)C=C1.F.O.O. The van der Waals surface area contributed by atoms with Crippen molar-refractivity contribution in [1.29, 1.82) is 0 Å². The first kappa shape index (κ1) is 38.9. The second kappa shape index (κ2) is 19.2. The lowest BCUT2D eigenvalue weighted by Crippen LogP contribution is -2.47. The number of hydrogen-bond acceptors (Lipinski definition) is 5. The summed E-state index contributed by atoms with van der Waals surface area (Å²) in [4.78, 5) is 33.5. The van der Waals surface area contributed by atoms with E-state index in [-0.39, 0.29) is 27.5 Å². The largest absolute Gasteiger partial charge is 0.412 e. The minimum Gasteiger partial charge on any atom is -0.412 e. The quantitative estimate of drug-likeness (QED) is 0.223. The number of aryl methyl sites for hydroxylation is 1. The molecule has 1 saturated heterocycles. The number of aromatic amines is 1. The van der Waals surface area contributed by atoms with Crippen LogP contribution in [0.4, 0.5) is 13.5 Å². The third-order valence-electron chi connectivity index (χ3n) is 6.62. The van der Waals surface area contributed by atoms with Crippen molar-refractivity contribution in [3.63, 3.8) is 0 Å². The summed E-state index contributed by atoms with van der Waals surface area (Å²) in [5, 5.41) is 2.76. The third kappa shape index (κ3) is 11.3. The van der Waals surface area contributed by atoms with Crippen LogP contribution in [0.1, 0.15) is 40.7 Å². The Bertz CT molecular complexity index is 1170. The standard InChI is InChI=1S/C29H38F2N4O3S.FH.2H2O/c1-5-12-32-27(36)23(7-6-17-39-19-22-8-10-24(11-9-22)38-29(30)31)18-25-20(2)26(21(3)33-25)28(37)35-15-13-34(4)14-16-35;;;/h5-10,12,18,24,29,33H,11,13-17,19H2,1-4H3,(H,32,36);1H;2*1H2/b7-6+,12-5+,23-18-;;;. The first-order valence-corrected chi connectivity index (χ1v) is 14.2. The van der Waals surface area contributed by atoms with Crippen LogP contribution >= 0.6 is 11.8 Å². The lowest BCUT2D eigenvalue weighted by Gasteiger charge is -2.32. The average molecular weight is 617 g/mol. The summed E-state index contributed by atoms with van der Waals surface area (Å²) >= 11 is 1.65. The Labute approximate surface area is 249 Å². The average Bonchev–Trinajstić information content (AvgIpc) is 3.19. The molecule has 0 bridgehead atoms. The molecule has 3 rings (SSSR count). The van der Waals surface area contributed by atoms with E-state index >= 15 is 0 Å². The summed E-state index contributed by atoms with van der Waals surface area (Å²) in [5.74, 6) is 1.14. The fraction of sp³-hybridized carbons (Fsp3) is 0.448. The number of thioether (sulfide) groups is 1. The van der Waals surface area contributed by atoms with Crippen LogP contribution in [-0.2, 0) is 9.53 Å². The van der Waals surface area contributed by atoms with Gasteiger partial charge in [-0.05, 0) is 57.7 Å². The number of nitrogens with zero attached hydrogens (tertiary/aromatic N) is 2. The molecular formula is C29H43F3N4O5S. The van der Waals surface area contributed by atoms with Crippen molar-refractivity contribution in [2.24, 2.45) is 0 Å². The number of rotatable bonds is 11. The van der Waals surface area contributed by atoms with Crippen molar-refractivity contribution < 1.29 is 38.8 Å². The molecule has 1 fully saturated rings. The molecule has 2 heterocycles. The number of ether oxygens (including phenoxy) is 1.